The number of rotatable bonds is 1. The van der Waals surface area contributed by atoms with E-state index >= 15 is 0 Å². The molecule has 0 unspecified atom stereocenters. The van der Waals surface area contributed by atoms with Gasteiger partial charge in [0, 0.05) is 13.1 Å². The highest BCUT2D eigenvalue weighted by molar-refractivity contribution is 6.22. The summed E-state index contributed by atoms with van der Waals surface area (Å²) in [5.74, 6) is -0.447. The predicted molar refractivity (Wildman–Crippen MR) is 63.5 cm³/mol. The van der Waals surface area contributed by atoms with Crippen LogP contribution in [0.3, 0.4) is 0 Å². The average Bonchev–Trinajstić information content (AvgIpc) is 2.84. The van der Waals surface area contributed by atoms with Crippen molar-refractivity contribution in [2.24, 2.45) is 11.8 Å². The number of fused-ring (bicyclic) bond motifs is 1. The van der Waals surface area contributed by atoms with Crippen LogP contribution in [0, 0.1) is 18.8 Å². The number of aryl methyl sites for hydroxylation is 1. The minimum Gasteiger partial charge on any atom is -0.315 e. The minimum absolute atomic E-state index is 0.0596. The second kappa shape index (κ2) is 3.67. The molecule has 0 saturated carbocycles. The van der Waals surface area contributed by atoms with Crippen LogP contribution >= 0.6 is 0 Å². The fourth-order valence-corrected chi connectivity index (χ4v) is 2.66. The highest BCUT2D eigenvalue weighted by Gasteiger charge is 2.50. The lowest BCUT2D eigenvalue weighted by atomic mass is 10.00. The third-order valence-corrected chi connectivity index (χ3v) is 3.55. The molecule has 4 nitrogen and oxygen atoms in total. The number of nitrogens with zero attached hydrogens (tertiary/aromatic N) is 1. The Morgan fingerprint density at radius 3 is 2.41 bits per heavy atom. The molecular formula is C13H14N2O2. The van der Waals surface area contributed by atoms with E-state index in [4.69, 9.17) is 0 Å². The summed E-state index contributed by atoms with van der Waals surface area (Å²) in [5, 5.41) is 3.10. The smallest absolute Gasteiger partial charge is 0.239 e. The molecule has 4 heteroatoms. The van der Waals surface area contributed by atoms with Gasteiger partial charge in [0.1, 0.15) is 0 Å². The van der Waals surface area contributed by atoms with Crippen LogP contribution in [-0.2, 0) is 9.59 Å². The second-order valence-corrected chi connectivity index (χ2v) is 4.72. The van der Waals surface area contributed by atoms with Crippen molar-refractivity contribution in [1.29, 1.82) is 0 Å². The van der Waals surface area contributed by atoms with Crippen molar-refractivity contribution in [3.8, 4) is 0 Å². The van der Waals surface area contributed by atoms with Gasteiger partial charge in [-0.05, 0) is 24.6 Å². The maximum atomic E-state index is 12.2. The summed E-state index contributed by atoms with van der Waals surface area (Å²) in [6.07, 6.45) is 0. The fourth-order valence-electron chi connectivity index (χ4n) is 2.66. The third-order valence-electron chi connectivity index (χ3n) is 3.55. The molecule has 0 bridgehead atoms. The van der Waals surface area contributed by atoms with Crippen molar-refractivity contribution in [1.82, 2.24) is 5.32 Å². The Bertz CT molecular complexity index is 476. The summed E-state index contributed by atoms with van der Waals surface area (Å²) in [5.41, 5.74) is 1.76. The van der Waals surface area contributed by atoms with E-state index in [0.717, 1.165) is 5.56 Å². The van der Waals surface area contributed by atoms with Crippen LogP contribution < -0.4 is 10.2 Å². The lowest BCUT2D eigenvalue weighted by Gasteiger charge is -2.16. The zero-order chi connectivity index (χ0) is 12.0. The molecule has 2 heterocycles. The van der Waals surface area contributed by atoms with E-state index in [1.54, 1.807) is 0 Å². The van der Waals surface area contributed by atoms with E-state index in [-0.39, 0.29) is 23.7 Å². The maximum absolute atomic E-state index is 12.2. The summed E-state index contributed by atoms with van der Waals surface area (Å²) in [4.78, 5) is 25.7. The quantitative estimate of drug-likeness (QED) is 0.723. The molecule has 2 amide bonds. The Balaban J connectivity index is 1.99. The van der Waals surface area contributed by atoms with Gasteiger partial charge >= 0.3 is 0 Å². The number of benzene rings is 1. The van der Waals surface area contributed by atoms with Crippen molar-refractivity contribution < 1.29 is 9.59 Å². The van der Waals surface area contributed by atoms with Crippen LogP contribution in [0.2, 0.25) is 0 Å². The summed E-state index contributed by atoms with van der Waals surface area (Å²) < 4.78 is 0. The molecule has 1 aromatic carbocycles. The number of amides is 2. The number of carbonyl (C=O) groups is 2. The molecule has 3 rings (SSSR count). The van der Waals surface area contributed by atoms with Crippen LogP contribution in [0.5, 0.6) is 0 Å². The van der Waals surface area contributed by atoms with Gasteiger partial charge in [-0.3, -0.25) is 9.59 Å². The summed E-state index contributed by atoms with van der Waals surface area (Å²) >= 11 is 0. The van der Waals surface area contributed by atoms with Crippen molar-refractivity contribution >= 4 is 17.5 Å². The first-order valence-electron chi connectivity index (χ1n) is 5.83. The van der Waals surface area contributed by atoms with Gasteiger partial charge < -0.3 is 5.32 Å². The number of imide groups is 1. The van der Waals surface area contributed by atoms with Gasteiger partial charge in [-0.15, -0.1) is 0 Å². The molecular weight excluding hydrogens is 216 g/mol. The molecule has 2 fully saturated rings. The van der Waals surface area contributed by atoms with Gasteiger partial charge in [0.25, 0.3) is 0 Å². The van der Waals surface area contributed by atoms with E-state index in [1.807, 2.05) is 31.2 Å². The molecule has 2 saturated heterocycles. The van der Waals surface area contributed by atoms with E-state index in [9.17, 15) is 9.59 Å². The standard InChI is InChI=1S/C13H14N2O2/c1-8-3-2-4-9(5-8)15-12(16)10-6-14-7-11(10)13(15)17/h2-5,10-11,14H,6-7H2,1H3/t10-,11+. The van der Waals surface area contributed by atoms with Gasteiger partial charge in [-0.2, -0.15) is 0 Å². The van der Waals surface area contributed by atoms with E-state index in [1.165, 1.54) is 4.90 Å². The largest absolute Gasteiger partial charge is 0.315 e. The molecule has 2 aliphatic rings. The Morgan fingerprint density at radius 1 is 1.18 bits per heavy atom. The van der Waals surface area contributed by atoms with E-state index < -0.39 is 0 Å². The van der Waals surface area contributed by atoms with Gasteiger partial charge in [0.2, 0.25) is 11.8 Å². The number of carbonyl (C=O) groups excluding carboxylic acids is 2. The number of nitrogens with one attached hydrogen (secondary N) is 1. The molecule has 1 aromatic rings. The van der Waals surface area contributed by atoms with Gasteiger partial charge in [0.05, 0.1) is 17.5 Å². The first-order chi connectivity index (χ1) is 8.18. The SMILES string of the molecule is Cc1cccc(N2C(=O)[C@H]3CNC[C@H]3C2=O)c1. The molecule has 2 aliphatic heterocycles. The van der Waals surface area contributed by atoms with E-state index in [0.29, 0.717) is 18.8 Å². The Morgan fingerprint density at radius 2 is 1.82 bits per heavy atom. The molecule has 0 aliphatic carbocycles. The normalized spacial score (nSPS) is 27.7. The predicted octanol–water partition coefficient (Wildman–Crippen LogP) is 0.704. The molecule has 17 heavy (non-hydrogen) atoms. The monoisotopic (exact) mass is 230 g/mol. The summed E-state index contributed by atoms with van der Waals surface area (Å²) in [7, 11) is 0. The topological polar surface area (TPSA) is 49.4 Å². The molecule has 0 radical (unpaired) electrons. The fraction of sp³-hybridized carbons (Fsp3) is 0.385. The summed E-state index contributed by atoms with van der Waals surface area (Å²) in [6, 6.07) is 7.52. The highest BCUT2D eigenvalue weighted by atomic mass is 16.2. The first kappa shape index (κ1) is 10.5. The lowest BCUT2D eigenvalue weighted by Crippen LogP contribution is -2.34. The molecule has 0 aromatic heterocycles. The second-order valence-electron chi connectivity index (χ2n) is 4.72. The van der Waals surface area contributed by atoms with E-state index in [2.05, 4.69) is 5.32 Å². The molecule has 2 atom stereocenters. The summed E-state index contributed by atoms with van der Waals surface area (Å²) in [6.45, 7) is 3.20. The van der Waals surface area contributed by atoms with Gasteiger partial charge in [-0.25, -0.2) is 4.90 Å². The lowest BCUT2D eigenvalue weighted by molar-refractivity contribution is -0.122. The number of anilines is 1. The van der Waals surface area contributed by atoms with Crippen molar-refractivity contribution in [2.75, 3.05) is 18.0 Å². The molecule has 1 N–H and O–H groups in total. The zero-order valence-corrected chi connectivity index (χ0v) is 9.64. The molecule has 88 valence electrons. The maximum Gasteiger partial charge on any atom is 0.239 e. The zero-order valence-electron chi connectivity index (χ0n) is 9.64. The van der Waals surface area contributed by atoms with Crippen LogP contribution in [0.15, 0.2) is 24.3 Å². The van der Waals surface area contributed by atoms with Crippen molar-refractivity contribution in [3.05, 3.63) is 29.8 Å². The van der Waals surface area contributed by atoms with Crippen LogP contribution in [0.25, 0.3) is 0 Å². The van der Waals surface area contributed by atoms with Crippen LogP contribution in [0.1, 0.15) is 5.56 Å². The Labute approximate surface area is 99.6 Å². The Kier molecular flexibility index (Phi) is 2.26. The minimum atomic E-state index is -0.164. The number of hydrogen-bond donors (Lipinski definition) is 1. The Hall–Kier alpha value is -1.68. The van der Waals surface area contributed by atoms with Crippen molar-refractivity contribution in [3.63, 3.8) is 0 Å². The third kappa shape index (κ3) is 1.48. The average molecular weight is 230 g/mol. The number of hydrogen-bond acceptors (Lipinski definition) is 3. The van der Waals surface area contributed by atoms with Crippen LogP contribution in [0.4, 0.5) is 5.69 Å². The highest BCUT2D eigenvalue weighted by Crippen LogP contribution is 2.33. The van der Waals surface area contributed by atoms with Gasteiger partial charge in [0.15, 0.2) is 0 Å². The first-order valence-corrected chi connectivity index (χ1v) is 5.83. The van der Waals surface area contributed by atoms with Crippen LogP contribution in [-0.4, -0.2) is 24.9 Å². The molecule has 0 spiro atoms. The van der Waals surface area contributed by atoms with Crippen molar-refractivity contribution in [2.45, 2.75) is 6.92 Å². The van der Waals surface area contributed by atoms with Gasteiger partial charge in [-0.1, -0.05) is 12.1 Å².